The van der Waals surface area contributed by atoms with E-state index in [1.165, 1.54) is 24.3 Å². The van der Waals surface area contributed by atoms with Crippen molar-refractivity contribution in [3.8, 4) is 11.8 Å². The molecule has 0 radical (unpaired) electrons. The summed E-state index contributed by atoms with van der Waals surface area (Å²) in [7, 11) is 0. The average molecular weight is 325 g/mol. The number of nitro benzene ring substituents is 1. The van der Waals surface area contributed by atoms with E-state index in [4.69, 9.17) is 10.00 Å². The van der Waals surface area contributed by atoms with E-state index >= 15 is 0 Å². The third-order valence-electron chi connectivity index (χ3n) is 3.03. The molecule has 2 rings (SSSR count). The lowest BCUT2D eigenvalue weighted by Gasteiger charge is -2.14. The Morgan fingerprint density at radius 2 is 2.04 bits per heavy atom. The van der Waals surface area contributed by atoms with Gasteiger partial charge in [-0.25, -0.2) is 0 Å². The lowest BCUT2D eigenvalue weighted by atomic mass is 10.1. The van der Waals surface area contributed by atoms with E-state index in [9.17, 15) is 14.9 Å². The number of non-ortho nitro benzene ring substituents is 1. The molecule has 2 aromatic carbocycles. The predicted molar refractivity (Wildman–Crippen MR) is 88.0 cm³/mol. The maximum Gasteiger partial charge on any atom is 0.270 e. The van der Waals surface area contributed by atoms with Crippen molar-refractivity contribution in [1.82, 2.24) is 0 Å². The summed E-state index contributed by atoms with van der Waals surface area (Å²) < 4.78 is 5.55. The van der Waals surface area contributed by atoms with Crippen LogP contribution in [0.2, 0.25) is 0 Å². The minimum absolute atomic E-state index is 0.0558. The quantitative estimate of drug-likeness (QED) is 0.669. The highest BCUT2D eigenvalue weighted by Crippen LogP contribution is 2.26. The van der Waals surface area contributed by atoms with Gasteiger partial charge in [-0.15, -0.1) is 0 Å². The Kier molecular flexibility index (Phi) is 5.12. The molecule has 0 spiro atoms. The molecule has 0 aliphatic carbocycles. The summed E-state index contributed by atoms with van der Waals surface area (Å²) in [6.45, 7) is 3.58. The van der Waals surface area contributed by atoms with E-state index in [-0.39, 0.29) is 23.1 Å². The monoisotopic (exact) mass is 325 g/mol. The zero-order valence-corrected chi connectivity index (χ0v) is 13.1. The first kappa shape index (κ1) is 17.0. The molecule has 0 saturated heterocycles. The summed E-state index contributed by atoms with van der Waals surface area (Å²) >= 11 is 0. The first-order chi connectivity index (χ1) is 11.4. The molecule has 2 aromatic rings. The number of anilines is 1. The fourth-order valence-electron chi connectivity index (χ4n) is 2.03. The summed E-state index contributed by atoms with van der Waals surface area (Å²) in [6, 6.07) is 12.2. The summed E-state index contributed by atoms with van der Waals surface area (Å²) in [6.07, 6.45) is -0.195. The van der Waals surface area contributed by atoms with Gasteiger partial charge in [-0.2, -0.15) is 5.26 Å². The third-order valence-corrected chi connectivity index (χ3v) is 3.03. The zero-order chi connectivity index (χ0) is 17.7. The normalized spacial score (nSPS) is 10.1. The van der Waals surface area contributed by atoms with Crippen molar-refractivity contribution in [1.29, 1.82) is 5.26 Å². The third kappa shape index (κ3) is 4.08. The molecule has 0 aliphatic rings. The molecule has 0 bridgehead atoms. The van der Waals surface area contributed by atoms with Gasteiger partial charge in [0.1, 0.15) is 5.75 Å². The molecule has 0 heterocycles. The van der Waals surface area contributed by atoms with Crippen LogP contribution in [-0.4, -0.2) is 16.9 Å². The summed E-state index contributed by atoms with van der Waals surface area (Å²) in [5.74, 6) is -0.297. The van der Waals surface area contributed by atoms with Gasteiger partial charge in [0.15, 0.2) is 0 Å². The van der Waals surface area contributed by atoms with Crippen LogP contribution in [0.25, 0.3) is 0 Å². The van der Waals surface area contributed by atoms with Gasteiger partial charge in [-0.1, -0.05) is 6.07 Å². The fraction of sp³-hybridized carbons (Fsp3) is 0.176. The van der Waals surface area contributed by atoms with Crippen molar-refractivity contribution in [3.05, 3.63) is 63.7 Å². The summed E-state index contributed by atoms with van der Waals surface area (Å²) in [5.41, 5.74) is 0.661. The van der Waals surface area contributed by atoms with Crippen LogP contribution in [0.4, 0.5) is 11.4 Å². The van der Waals surface area contributed by atoms with Gasteiger partial charge in [-0.05, 0) is 38.1 Å². The summed E-state index contributed by atoms with van der Waals surface area (Å²) in [4.78, 5) is 22.9. The van der Waals surface area contributed by atoms with Gasteiger partial charge >= 0.3 is 0 Å². The molecule has 0 atom stereocenters. The molecule has 7 nitrogen and oxygen atoms in total. The van der Waals surface area contributed by atoms with Crippen LogP contribution in [0.15, 0.2) is 42.5 Å². The largest absolute Gasteiger partial charge is 0.490 e. The minimum atomic E-state index is -0.577. The van der Waals surface area contributed by atoms with Crippen LogP contribution in [-0.2, 0) is 0 Å². The van der Waals surface area contributed by atoms with Crippen LogP contribution < -0.4 is 10.1 Å². The number of carbonyl (C=O) groups is 1. The Bertz CT molecular complexity index is 825. The van der Waals surface area contributed by atoms with Gasteiger partial charge < -0.3 is 10.1 Å². The number of nitriles is 1. The molecule has 0 unspecified atom stereocenters. The predicted octanol–water partition coefficient (Wildman–Crippen LogP) is 3.51. The van der Waals surface area contributed by atoms with Crippen LogP contribution in [0.5, 0.6) is 5.75 Å². The highest BCUT2D eigenvalue weighted by Gasteiger charge is 2.19. The van der Waals surface area contributed by atoms with Crippen molar-refractivity contribution in [2.75, 3.05) is 5.32 Å². The Hall–Kier alpha value is -3.40. The molecule has 1 N–H and O–H groups in total. The van der Waals surface area contributed by atoms with Crippen LogP contribution in [0.1, 0.15) is 29.8 Å². The molecular formula is C17H15N3O4. The number of rotatable bonds is 5. The second kappa shape index (κ2) is 7.24. The van der Waals surface area contributed by atoms with Crippen molar-refractivity contribution in [2.24, 2.45) is 0 Å². The van der Waals surface area contributed by atoms with Gasteiger partial charge in [-0.3, -0.25) is 14.9 Å². The van der Waals surface area contributed by atoms with E-state index in [0.717, 1.165) is 0 Å². The maximum absolute atomic E-state index is 12.5. The minimum Gasteiger partial charge on any atom is -0.490 e. The Morgan fingerprint density at radius 3 is 2.67 bits per heavy atom. The number of nitro groups is 1. The van der Waals surface area contributed by atoms with Crippen molar-refractivity contribution >= 4 is 17.3 Å². The fourth-order valence-corrected chi connectivity index (χ4v) is 2.03. The van der Waals surface area contributed by atoms with E-state index in [1.807, 2.05) is 6.07 Å². The number of nitrogens with one attached hydrogen (secondary N) is 1. The van der Waals surface area contributed by atoms with E-state index in [0.29, 0.717) is 11.3 Å². The van der Waals surface area contributed by atoms with Crippen molar-refractivity contribution < 1.29 is 14.5 Å². The second-order valence-corrected chi connectivity index (χ2v) is 5.25. The number of ether oxygens (including phenoxy) is 1. The molecule has 0 fully saturated rings. The molecule has 7 heteroatoms. The first-order valence-corrected chi connectivity index (χ1v) is 7.17. The highest BCUT2D eigenvalue weighted by molar-refractivity contribution is 6.06. The van der Waals surface area contributed by atoms with Gasteiger partial charge in [0.25, 0.3) is 11.6 Å². The summed E-state index contributed by atoms with van der Waals surface area (Å²) in [5, 5.41) is 22.5. The standard InChI is InChI=1S/C17H15N3O4/c1-11(2)24-16-7-6-14(20(22)23)9-15(16)17(21)19-13-5-3-4-12(8-13)10-18/h3-9,11H,1-2H3,(H,19,21). The number of amides is 1. The Labute approximate surface area is 138 Å². The van der Waals surface area contributed by atoms with Gasteiger partial charge in [0, 0.05) is 17.8 Å². The van der Waals surface area contributed by atoms with E-state index < -0.39 is 10.8 Å². The topological polar surface area (TPSA) is 105 Å². The van der Waals surface area contributed by atoms with Crippen molar-refractivity contribution in [2.45, 2.75) is 20.0 Å². The number of benzene rings is 2. The molecular weight excluding hydrogens is 310 g/mol. The second-order valence-electron chi connectivity index (χ2n) is 5.25. The van der Waals surface area contributed by atoms with E-state index in [2.05, 4.69) is 5.32 Å². The molecule has 24 heavy (non-hydrogen) atoms. The van der Waals surface area contributed by atoms with Crippen LogP contribution in [0, 0.1) is 21.4 Å². The van der Waals surface area contributed by atoms with Crippen molar-refractivity contribution in [3.63, 3.8) is 0 Å². The maximum atomic E-state index is 12.5. The molecule has 0 aliphatic heterocycles. The lowest BCUT2D eigenvalue weighted by molar-refractivity contribution is -0.384. The average Bonchev–Trinajstić information content (AvgIpc) is 2.54. The van der Waals surface area contributed by atoms with Gasteiger partial charge in [0.05, 0.1) is 28.2 Å². The smallest absolute Gasteiger partial charge is 0.270 e. The molecule has 122 valence electrons. The molecule has 1 amide bonds. The van der Waals surface area contributed by atoms with Crippen LogP contribution >= 0.6 is 0 Å². The number of hydrogen-bond acceptors (Lipinski definition) is 5. The molecule has 0 aromatic heterocycles. The van der Waals surface area contributed by atoms with Gasteiger partial charge in [0.2, 0.25) is 0 Å². The highest BCUT2D eigenvalue weighted by atomic mass is 16.6. The zero-order valence-electron chi connectivity index (χ0n) is 13.1. The van der Waals surface area contributed by atoms with E-state index in [1.54, 1.807) is 32.0 Å². The Morgan fingerprint density at radius 1 is 1.29 bits per heavy atom. The number of hydrogen-bond donors (Lipinski definition) is 1. The molecule has 0 saturated carbocycles. The van der Waals surface area contributed by atoms with Crippen LogP contribution in [0.3, 0.4) is 0 Å². The SMILES string of the molecule is CC(C)Oc1ccc([N+](=O)[O-])cc1C(=O)Nc1cccc(C#N)c1. The Balaban J connectivity index is 2.36. The number of nitrogens with zero attached hydrogens (tertiary/aromatic N) is 2. The first-order valence-electron chi connectivity index (χ1n) is 7.17. The lowest BCUT2D eigenvalue weighted by Crippen LogP contribution is -2.16. The number of carbonyl (C=O) groups excluding carboxylic acids is 1.